The summed E-state index contributed by atoms with van der Waals surface area (Å²) in [5, 5.41) is 8.89. The van der Waals surface area contributed by atoms with Gasteiger partial charge in [0.15, 0.2) is 21.4 Å². The van der Waals surface area contributed by atoms with Crippen LogP contribution in [-0.2, 0) is 16.4 Å². The standard InChI is InChI=1S/C14H13FO4S/c1-20(17,18)12-4-2-3-11(8-12)19-14-6-5-10(9-16)7-13(14)15/h2-8,16H,9H2,1H3. The van der Waals surface area contributed by atoms with Gasteiger partial charge in [-0.2, -0.15) is 0 Å². The molecule has 0 aliphatic heterocycles. The van der Waals surface area contributed by atoms with Crippen LogP contribution in [0.5, 0.6) is 11.5 Å². The van der Waals surface area contributed by atoms with E-state index in [1.165, 1.54) is 36.4 Å². The normalized spacial score (nSPS) is 11.3. The lowest BCUT2D eigenvalue weighted by Gasteiger charge is -2.08. The van der Waals surface area contributed by atoms with Crippen molar-refractivity contribution in [1.82, 2.24) is 0 Å². The first-order valence-corrected chi connectivity index (χ1v) is 7.66. The molecule has 0 bridgehead atoms. The number of sulfone groups is 1. The predicted molar refractivity (Wildman–Crippen MR) is 71.9 cm³/mol. The average Bonchev–Trinajstić information content (AvgIpc) is 2.40. The first kappa shape index (κ1) is 14.5. The number of hydrogen-bond acceptors (Lipinski definition) is 4. The van der Waals surface area contributed by atoms with Crippen molar-refractivity contribution in [2.24, 2.45) is 0 Å². The Balaban J connectivity index is 2.31. The molecule has 0 atom stereocenters. The fraction of sp³-hybridized carbons (Fsp3) is 0.143. The lowest BCUT2D eigenvalue weighted by molar-refractivity contribution is 0.281. The summed E-state index contributed by atoms with van der Waals surface area (Å²) < 4.78 is 41.9. The van der Waals surface area contributed by atoms with Crippen molar-refractivity contribution in [3.05, 3.63) is 53.8 Å². The van der Waals surface area contributed by atoms with Gasteiger partial charge in [0.1, 0.15) is 5.75 Å². The molecule has 0 saturated heterocycles. The van der Waals surface area contributed by atoms with Gasteiger partial charge in [-0.25, -0.2) is 12.8 Å². The second-order valence-electron chi connectivity index (χ2n) is 4.27. The lowest BCUT2D eigenvalue weighted by Crippen LogP contribution is -1.97. The Kier molecular flexibility index (Phi) is 4.06. The van der Waals surface area contributed by atoms with E-state index in [1.54, 1.807) is 0 Å². The summed E-state index contributed by atoms with van der Waals surface area (Å²) >= 11 is 0. The highest BCUT2D eigenvalue weighted by atomic mass is 32.2. The van der Waals surface area contributed by atoms with Gasteiger partial charge in [-0.3, -0.25) is 0 Å². The molecule has 0 aromatic heterocycles. The van der Waals surface area contributed by atoms with Gasteiger partial charge >= 0.3 is 0 Å². The van der Waals surface area contributed by atoms with E-state index in [2.05, 4.69) is 0 Å². The van der Waals surface area contributed by atoms with Crippen LogP contribution in [0.1, 0.15) is 5.56 Å². The quantitative estimate of drug-likeness (QED) is 0.941. The molecular weight excluding hydrogens is 283 g/mol. The van der Waals surface area contributed by atoms with Crippen LogP contribution in [0.25, 0.3) is 0 Å². The number of rotatable bonds is 4. The van der Waals surface area contributed by atoms with Crippen LogP contribution < -0.4 is 4.74 Å². The number of hydrogen-bond donors (Lipinski definition) is 1. The first-order valence-electron chi connectivity index (χ1n) is 5.77. The predicted octanol–water partition coefficient (Wildman–Crippen LogP) is 2.51. The van der Waals surface area contributed by atoms with E-state index in [0.717, 1.165) is 12.3 Å². The number of benzene rings is 2. The summed E-state index contributed by atoms with van der Waals surface area (Å²) in [4.78, 5) is 0.0994. The van der Waals surface area contributed by atoms with E-state index in [9.17, 15) is 12.8 Å². The van der Waals surface area contributed by atoms with Gasteiger partial charge in [-0.15, -0.1) is 0 Å². The van der Waals surface area contributed by atoms with Crippen molar-refractivity contribution in [1.29, 1.82) is 0 Å². The lowest BCUT2D eigenvalue weighted by atomic mass is 10.2. The van der Waals surface area contributed by atoms with Crippen molar-refractivity contribution in [3.8, 4) is 11.5 Å². The fourth-order valence-corrected chi connectivity index (χ4v) is 2.28. The van der Waals surface area contributed by atoms with Crippen LogP contribution in [0, 0.1) is 5.82 Å². The summed E-state index contributed by atoms with van der Waals surface area (Å²) in [5.74, 6) is -0.433. The average molecular weight is 296 g/mol. The molecule has 0 aliphatic rings. The number of ether oxygens (including phenoxy) is 1. The minimum absolute atomic E-state index is 0.0344. The van der Waals surface area contributed by atoms with Crippen LogP contribution in [0.2, 0.25) is 0 Å². The number of aliphatic hydroxyl groups excluding tert-OH is 1. The van der Waals surface area contributed by atoms with E-state index in [4.69, 9.17) is 9.84 Å². The molecule has 0 aliphatic carbocycles. The monoisotopic (exact) mass is 296 g/mol. The smallest absolute Gasteiger partial charge is 0.175 e. The molecule has 0 amide bonds. The van der Waals surface area contributed by atoms with E-state index < -0.39 is 15.7 Å². The Bertz CT molecular complexity index is 726. The summed E-state index contributed by atoms with van der Waals surface area (Å²) in [7, 11) is -3.35. The van der Waals surface area contributed by atoms with Gasteiger partial charge in [-0.1, -0.05) is 12.1 Å². The van der Waals surface area contributed by atoms with Crippen LogP contribution in [0.4, 0.5) is 4.39 Å². The summed E-state index contributed by atoms with van der Waals surface area (Å²) in [6.45, 7) is -0.263. The maximum atomic E-state index is 13.7. The van der Waals surface area contributed by atoms with Crippen molar-refractivity contribution in [2.45, 2.75) is 11.5 Å². The molecule has 0 saturated carbocycles. The Morgan fingerprint density at radius 2 is 1.95 bits per heavy atom. The number of halogens is 1. The molecule has 0 unspecified atom stereocenters. The third-order valence-corrected chi connectivity index (χ3v) is 3.75. The zero-order chi connectivity index (χ0) is 14.8. The van der Waals surface area contributed by atoms with Crippen LogP contribution in [-0.4, -0.2) is 19.8 Å². The molecule has 1 N–H and O–H groups in total. The van der Waals surface area contributed by atoms with E-state index in [0.29, 0.717) is 5.56 Å². The van der Waals surface area contributed by atoms with Gasteiger partial charge in [0.25, 0.3) is 0 Å². The molecule has 0 spiro atoms. The second kappa shape index (κ2) is 5.60. The number of aliphatic hydroxyl groups is 1. The Morgan fingerprint density at radius 3 is 2.55 bits per heavy atom. The first-order chi connectivity index (χ1) is 9.40. The molecule has 6 heteroatoms. The van der Waals surface area contributed by atoms with E-state index in [1.807, 2.05) is 0 Å². The Morgan fingerprint density at radius 1 is 1.20 bits per heavy atom. The van der Waals surface area contributed by atoms with E-state index >= 15 is 0 Å². The Labute approximate surface area is 116 Å². The molecule has 20 heavy (non-hydrogen) atoms. The summed E-state index contributed by atoms with van der Waals surface area (Å²) in [6.07, 6.45) is 1.09. The molecule has 0 radical (unpaired) electrons. The molecular formula is C14H13FO4S. The molecule has 2 rings (SSSR count). The van der Waals surface area contributed by atoms with Crippen molar-refractivity contribution in [2.75, 3.05) is 6.26 Å². The van der Waals surface area contributed by atoms with Gasteiger partial charge in [0.05, 0.1) is 11.5 Å². The largest absolute Gasteiger partial charge is 0.454 e. The van der Waals surface area contributed by atoms with Crippen LogP contribution >= 0.6 is 0 Å². The summed E-state index contributed by atoms with van der Waals surface area (Å²) in [6, 6.07) is 9.89. The fourth-order valence-electron chi connectivity index (χ4n) is 1.62. The molecule has 0 fully saturated rings. The highest BCUT2D eigenvalue weighted by molar-refractivity contribution is 7.90. The molecule has 4 nitrogen and oxygen atoms in total. The maximum absolute atomic E-state index is 13.7. The highest BCUT2D eigenvalue weighted by Crippen LogP contribution is 2.26. The second-order valence-corrected chi connectivity index (χ2v) is 6.29. The third-order valence-electron chi connectivity index (χ3n) is 2.64. The van der Waals surface area contributed by atoms with Crippen molar-refractivity contribution in [3.63, 3.8) is 0 Å². The van der Waals surface area contributed by atoms with Gasteiger partial charge in [0.2, 0.25) is 0 Å². The van der Waals surface area contributed by atoms with Crippen LogP contribution in [0.3, 0.4) is 0 Å². The molecule has 0 heterocycles. The minimum atomic E-state index is -3.35. The maximum Gasteiger partial charge on any atom is 0.175 e. The highest BCUT2D eigenvalue weighted by Gasteiger charge is 2.10. The minimum Gasteiger partial charge on any atom is -0.454 e. The topological polar surface area (TPSA) is 63.6 Å². The van der Waals surface area contributed by atoms with Crippen molar-refractivity contribution < 1.29 is 22.7 Å². The Hall–Kier alpha value is -1.92. The van der Waals surface area contributed by atoms with Gasteiger partial charge in [-0.05, 0) is 35.9 Å². The van der Waals surface area contributed by atoms with Gasteiger partial charge < -0.3 is 9.84 Å². The zero-order valence-corrected chi connectivity index (χ0v) is 11.5. The van der Waals surface area contributed by atoms with Crippen LogP contribution in [0.15, 0.2) is 47.4 Å². The van der Waals surface area contributed by atoms with Crippen molar-refractivity contribution >= 4 is 9.84 Å². The SMILES string of the molecule is CS(=O)(=O)c1cccc(Oc2ccc(CO)cc2F)c1. The summed E-state index contributed by atoms with van der Waals surface area (Å²) in [5.41, 5.74) is 0.430. The zero-order valence-electron chi connectivity index (χ0n) is 10.7. The molecule has 2 aromatic carbocycles. The third kappa shape index (κ3) is 3.34. The van der Waals surface area contributed by atoms with Gasteiger partial charge in [0, 0.05) is 6.26 Å². The molecule has 106 valence electrons. The molecule has 2 aromatic rings. The van der Waals surface area contributed by atoms with E-state index in [-0.39, 0.29) is 23.0 Å².